The third-order valence-corrected chi connectivity index (χ3v) is 4.87. The number of hydrogen-bond acceptors (Lipinski definition) is 2. The first kappa shape index (κ1) is 18.3. The molecule has 3 rings (SSSR count). The lowest BCUT2D eigenvalue weighted by Crippen LogP contribution is -2.84. The Morgan fingerprint density at radius 3 is 2.46 bits per heavy atom. The molecule has 1 aromatic heterocycles. The molecule has 26 heavy (non-hydrogen) atoms. The van der Waals surface area contributed by atoms with Gasteiger partial charge < -0.3 is 9.73 Å². The summed E-state index contributed by atoms with van der Waals surface area (Å²) in [6, 6.07) is 14.5. The van der Waals surface area contributed by atoms with Gasteiger partial charge in [0.25, 0.3) is 0 Å². The van der Waals surface area contributed by atoms with E-state index in [1.165, 1.54) is 12.1 Å². The number of rotatable bonds is 6. The molecule has 0 fully saturated rings. The first-order valence-electron chi connectivity index (χ1n) is 9.12. The third kappa shape index (κ3) is 4.02. The smallest absolute Gasteiger partial charge is 0.336 e. The monoisotopic (exact) mass is 354 g/mol. The Hall–Kier alpha value is -2.46. The number of fused-ring (bicyclic) bond motifs is 1. The Bertz CT molecular complexity index is 945. The highest BCUT2D eigenvalue weighted by atomic mass is 19.1. The average Bonchev–Trinajstić information content (AvgIpc) is 2.62. The van der Waals surface area contributed by atoms with Gasteiger partial charge in [0.2, 0.25) is 0 Å². The maximum Gasteiger partial charge on any atom is 0.336 e. The molecule has 1 atom stereocenters. The largest absolute Gasteiger partial charge is 0.423 e. The zero-order valence-electron chi connectivity index (χ0n) is 15.5. The highest BCUT2D eigenvalue weighted by Gasteiger charge is 2.20. The molecule has 0 saturated carbocycles. The zero-order chi connectivity index (χ0) is 18.7. The van der Waals surface area contributed by atoms with Crippen LogP contribution in [0.5, 0.6) is 0 Å². The fraction of sp³-hybridized carbons (Fsp3) is 0.318. The van der Waals surface area contributed by atoms with Crippen molar-refractivity contribution in [2.24, 2.45) is 5.92 Å². The standard InChI is InChI=1S/C22H24FNO2/c1-4-15-5-10-19-17(12-21(25)26-20(19)11-15)13-24-22(14(2)3)16-6-8-18(23)9-7-16/h5-12,14,22,24H,4,13H2,1-3H3/p+1/t22-/m1/s1. The average molecular weight is 354 g/mol. The van der Waals surface area contributed by atoms with Crippen LogP contribution in [0.2, 0.25) is 0 Å². The van der Waals surface area contributed by atoms with Crippen LogP contribution in [0.3, 0.4) is 0 Å². The van der Waals surface area contributed by atoms with E-state index in [9.17, 15) is 9.18 Å². The summed E-state index contributed by atoms with van der Waals surface area (Å²) in [6.45, 7) is 7.03. The molecule has 1 heterocycles. The third-order valence-electron chi connectivity index (χ3n) is 4.87. The normalized spacial score (nSPS) is 12.7. The highest BCUT2D eigenvalue weighted by molar-refractivity contribution is 5.80. The molecular weight excluding hydrogens is 329 g/mol. The van der Waals surface area contributed by atoms with Gasteiger partial charge in [0.1, 0.15) is 24.0 Å². The predicted molar refractivity (Wildman–Crippen MR) is 101 cm³/mol. The van der Waals surface area contributed by atoms with E-state index in [2.05, 4.69) is 32.2 Å². The summed E-state index contributed by atoms with van der Waals surface area (Å²) in [6.07, 6.45) is 0.899. The van der Waals surface area contributed by atoms with Gasteiger partial charge in [0.15, 0.2) is 0 Å². The van der Waals surface area contributed by atoms with E-state index >= 15 is 0 Å². The van der Waals surface area contributed by atoms with Gasteiger partial charge in [0, 0.05) is 28.5 Å². The molecule has 0 radical (unpaired) electrons. The fourth-order valence-electron chi connectivity index (χ4n) is 3.40. The van der Waals surface area contributed by atoms with Crippen LogP contribution in [0, 0.1) is 11.7 Å². The topological polar surface area (TPSA) is 46.8 Å². The number of halogens is 1. The van der Waals surface area contributed by atoms with E-state index in [1.54, 1.807) is 6.07 Å². The van der Waals surface area contributed by atoms with Crippen molar-refractivity contribution < 1.29 is 14.1 Å². The lowest BCUT2D eigenvalue weighted by molar-refractivity contribution is -0.717. The minimum atomic E-state index is -0.322. The van der Waals surface area contributed by atoms with Gasteiger partial charge in [-0.3, -0.25) is 0 Å². The molecular formula is C22H25FNO2+. The van der Waals surface area contributed by atoms with Crippen LogP contribution in [0.1, 0.15) is 43.5 Å². The fourth-order valence-corrected chi connectivity index (χ4v) is 3.40. The molecule has 0 amide bonds. The number of benzene rings is 2. The van der Waals surface area contributed by atoms with Gasteiger partial charge in [-0.05, 0) is 30.2 Å². The van der Waals surface area contributed by atoms with Gasteiger partial charge in [-0.25, -0.2) is 9.18 Å². The van der Waals surface area contributed by atoms with Gasteiger partial charge >= 0.3 is 5.63 Å². The SMILES string of the molecule is CCc1ccc2c(C[NH2+][C@@H](c3ccc(F)cc3)C(C)C)cc(=O)oc2c1. The van der Waals surface area contributed by atoms with E-state index in [-0.39, 0.29) is 17.5 Å². The second-order valence-electron chi connectivity index (χ2n) is 7.04. The number of nitrogens with two attached hydrogens (primary N) is 1. The van der Waals surface area contributed by atoms with E-state index in [4.69, 9.17) is 4.42 Å². The second kappa shape index (κ2) is 7.83. The summed E-state index contributed by atoms with van der Waals surface area (Å²) in [4.78, 5) is 12.0. The van der Waals surface area contributed by atoms with Crippen molar-refractivity contribution in [2.45, 2.75) is 39.8 Å². The first-order valence-corrected chi connectivity index (χ1v) is 9.12. The predicted octanol–water partition coefficient (Wildman–Crippen LogP) is 3.96. The summed E-state index contributed by atoms with van der Waals surface area (Å²) in [5.41, 5.74) is 3.52. The Morgan fingerprint density at radius 2 is 1.81 bits per heavy atom. The van der Waals surface area contributed by atoms with Crippen molar-refractivity contribution in [3.63, 3.8) is 0 Å². The summed E-state index contributed by atoms with van der Waals surface area (Å²) in [5.74, 6) is 0.146. The lowest BCUT2D eigenvalue weighted by atomic mass is 9.95. The molecule has 0 aliphatic carbocycles. The molecule has 3 nitrogen and oxygen atoms in total. The number of hydrogen-bond donors (Lipinski definition) is 1. The molecule has 0 saturated heterocycles. The van der Waals surface area contributed by atoms with Gasteiger partial charge in [0.05, 0.1) is 0 Å². The van der Waals surface area contributed by atoms with Crippen molar-refractivity contribution in [1.82, 2.24) is 0 Å². The van der Waals surface area contributed by atoms with Gasteiger partial charge in [-0.1, -0.05) is 45.0 Å². The summed E-state index contributed by atoms with van der Waals surface area (Å²) in [7, 11) is 0. The quantitative estimate of drug-likeness (QED) is 0.681. The second-order valence-corrected chi connectivity index (χ2v) is 7.04. The Kier molecular flexibility index (Phi) is 5.52. The molecule has 2 aromatic carbocycles. The van der Waals surface area contributed by atoms with Crippen LogP contribution >= 0.6 is 0 Å². The van der Waals surface area contributed by atoms with Crippen molar-refractivity contribution in [3.05, 3.63) is 81.5 Å². The van der Waals surface area contributed by atoms with Crippen LogP contribution in [0.25, 0.3) is 11.0 Å². The maximum absolute atomic E-state index is 13.2. The maximum atomic E-state index is 13.2. The molecule has 0 spiro atoms. The van der Waals surface area contributed by atoms with Crippen molar-refractivity contribution in [3.8, 4) is 0 Å². The van der Waals surface area contributed by atoms with Crippen LogP contribution in [-0.4, -0.2) is 0 Å². The van der Waals surface area contributed by atoms with Crippen LogP contribution in [0.15, 0.2) is 57.7 Å². The molecule has 0 unspecified atom stereocenters. The lowest BCUT2D eigenvalue weighted by Gasteiger charge is -2.20. The molecule has 0 bridgehead atoms. The van der Waals surface area contributed by atoms with E-state index in [0.29, 0.717) is 18.0 Å². The Balaban J connectivity index is 1.89. The minimum Gasteiger partial charge on any atom is -0.423 e. The van der Waals surface area contributed by atoms with Gasteiger partial charge in [-0.2, -0.15) is 0 Å². The number of quaternary nitrogens is 1. The first-order chi connectivity index (χ1) is 12.5. The number of aryl methyl sites for hydroxylation is 1. The van der Waals surface area contributed by atoms with E-state index in [0.717, 1.165) is 28.5 Å². The molecule has 0 aliphatic heterocycles. The molecule has 2 N–H and O–H groups in total. The molecule has 0 aliphatic rings. The van der Waals surface area contributed by atoms with Crippen molar-refractivity contribution in [2.75, 3.05) is 0 Å². The summed E-state index contributed by atoms with van der Waals surface area (Å²) in [5, 5.41) is 3.18. The zero-order valence-corrected chi connectivity index (χ0v) is 15.5. The van der Waals surface area contributed by atoms with Gasteiger partial charge in [-0.15, -0.1) is 0 Å². The van der Waals surface area contributed by atoms with E-state index < -0.39 is 0 Å². The molecule has 3 aromatic rings. The van der Waals surface area contributed by atoms with Crippen LogP contribution in [0.4, 0.5) is 4.39 Å². The van der Waals surface area contributed by atoms with Crippen LogP contribution in [-0.2, 0) is 13.0 Å². The molecule has 4 heteroatoms. The van der Waals surface area contributed by atoms with Crippen molar-refractivity contribution >= 4 is 11.0 Å². The Labute approximate surface area is 152 Å². The van der Waals surface area contributed by atoms with E-state index in [1.807, 2.05) is 24.3 Å². The summed E-state index contributed by atoms with van der Waals surface area (Å²) >= 11 is 0. The van der Waals surface area contributed by atoms with Crippen LogP contribution < -0.4 is 10.9 Å². The van der Waals surface area contributed by atoms with Crippen molar-refractivity contribution in [1.29, 1.82) is 0 Å². The minimum absolute atomic E-state index is 0.188. The summed E-state index contributed by atoms with van der Waals surface area (Å²) < 4.78 is 18.6. The molecule has 136 valence electrons. The highest BCUT2D eigenvalue weighted by Crippen LogP contribution is 2.21. The Morgan fingerprint density at radius 1 is 1.08 bits per heavy atom.